The predicted octanol–water partition coefficient (Wildman–Crippen LogP) is 3.81. The topological polar surface area (TPSA) is 28.4 Å². The molecule has 1 N–H and O–H groups in total. The van der Waals surface area contributed by atoms with Crippen molar-refractivity contribution in [2.45, 2.75) is 39.9 Å². The minimum absolute atomic E-state index is 0.287. The van der Waals surface area contributed by atoms with Crippen LogP contribution in [0.1, 0.15) is 41.2 Å². The Morgan fingerprint density at radius 2 is 1.81 bits per heavy atom. The quantitative estimate of drug-likeness (QED) is 0.875. The van der Waals surface area contributed by atoms with Crippen LogP contribution in [-0.4, -0.2) is 19.0 Å². The van der Waals surface area contributed by atoms with Crippen LogP contribution >= 0.6 is 0 Å². The molecule has 0 bridgehead atoms. The summed E-state index contributed by atoms with van der Waals surface area (Å²) in [6, 6.07) is 11.0. The molecule has 114 valence electrons. The largest absolute Gasteiger partial charge is 0.466 e. The van der Waals surface area contributed by atoms with Crippen LogP contribution in [0, 0.1) is 13.8 Å². The summed E-state index contributed by atoms with van der Waals surface area (Å²) in [4.78, 5) is 2.20. The molecule has 1 atom stereocenters. The predicted molar refractivity (Wildman–Crippen MR) is 87.3 cm³/mol. The second-order valence-electron chi connectivity index (χ2n) is 5.98. The fourth-order valence-electron chi connectivity index (χ4n) is 2.68. The molecule has 0 fully saturated rings. The number of hydrogen-bond acceptors (Lipinski definition) is 3. The number of furan rings is 1. The third-order valence-electron chi connectivity index (χ3n) is 3.75. The lowest BCUT2D eigenvalue weighted by Crippen LogP contribution is -2.20. The van der Waals surface area contributed by atoms with Crippen LogP contribution in [0.15, 0.2) is 34.7 Å². The summed E-state index contributed by atoms with van der Waals surface area (Å²) < 4.78 is 5.62. The van der Waals surface area contributed by atoms with E-state index < -0.39 is 0 Å². The fourth-order valence-corrected chi connectivity index (χ4v) is 2.68. The van der Waals surface area contributed by atoms with Crippen molar-refractivity contribution in [2.75, 3.05) is 14.1 Å². The summed E-state index contributed by atoms with van der Waals surface area (Å²) in [5.74, 6) is 1.98. The van der Waals surface area contributed by atoms with Gasteiger partial charge < -0.3 is 14.6 Å². The molecule has 0 saturated carbocycles. The van der Waals surface area contributed by atoms with Crippen molar-refractivity contribution >= 4 is 0 Å². The smallest absolute Gasteiger partial charge is 0.105 e. The number of nitrogens with zero attached hydrogens (tertiary/aromatic N) is 1. The lowest BCUT2D eigenvalue weighted by molar-refractivity contribution is 0.399. The number of nitrogens with one attached hydrogen (secondary N) is 1. The van der Waals surface area contributed by atoms with E-state index in [2.05, 4.69) is 61.6 Å². The summed E-state index contributed by atoms with van der Waals surface area (Å²) in [6.45, 7) is 8.05. The Labute approximate surface area is 128 Å². The van der Waals surface area contributed by atoms with Gasteiger partial charge in [-0.25, -0.2) is 0 Å². The minimum atomic E-state index is 0.287. The van der Waals surface area contributed by atoms with Gasteiger partial charge in [0.1, 0.15) is 11.5 Å². The molecule has 1 aromatic carbocycles. The molecule has 3 heteroatoms. The van der Waals surface area contributed by atoms with Gasteiger partial charge in [0.2, 0.25) is 0 Å². The molecule has 1 unspecified atom stereocenters. The normalized spacial score (nSPS) is 12.9. The number of benzene rings is 1. The van der Waals surface area contributed by atoms with Gasteiger partial charge in [0.05, 0.1) is 0 Å². The highest BCUT2D eigenvalue weighted by Crippen LogP contribution is 2.22. The molecular formula is C18H26N2O. The van der Waals surface area contributed by atoms with Crippen LogP contribution in [0.2, 0.25) is 0 Å². The van der Waals surface area contributed by atoms with E-state index >= 15 is 0 Å². The van der Waals surface area contributed by atoms with Gasteiger partial charge in [-0.2, -0.15) is 0 Å². The van der Waals surface area contributed by atoms with Crippen molar-refractivity contribution in [1.82, 2.24) is 10.2 Å². The van der Waals surface area contributed by atoms with E-state index in [0.29, 0.717) is 0 Å². The van der Waals surface area contributed by atoms with Gasteiger partial charge >= 0.3 is 0 Å². The Kier molecular flexibility index (Phi) is 5.21. The van der Waals surface area contributed by atoms with E-state index in [4.69, 9.17) is 4.42 Å². The van der Waals surface area contributed by atoms with Crippen molar-refractivity contribution in [3.63, 3.8) is 0 Å². The highest BCUT2D eigenvalue weighted by molar-refractivity contribution is 5.28. The third kappa shape index (κ3) is 4.19. The van der Waals surface area contributed by atoms with E-state index in [1.54, 1.807) is 0 Å². The van der Waals surface area contributed by atoms with Crippen LogP contribution < -0.4 is 5.32 Å². The van der Waals surface area contributed by atoms with Crippen LogP contribution in [0.25, 0.3) is 0 Å². The fraction of sp³-hybridized carbons (Fsp3) is 0.444. The van der Waals surface area contributed by atoms with Gasteiger partial charge in [0.25, 0.3) is 0 Å². The molecular weight excluding hydrogens is 260 g/mol. The van der Waals surface area contributed by atoms with Crippen LogP contribution in [0.3, 0.4) is 0 Å². The molecule has 0 aliphatic carbocycles. The van der Waals surface area contributed by atoms with Gasteiger partial charge in [0.15, 0.2) is 0 Å². The number of rotatable bonds is 6. The second kappa shape index (κ2) is 6.92. The minimum Gasteiger partial charge on any atom is -0.466 e. The van der Waals surface area contributed by atoms with Crippen LogP contribution in [-0.2, 0) is 13.1 Å². The van der Waals surface area contributed by atoms with Crippen molar-refractivity contribution in [3.8, 4) is 0 Å². The molecule has 0 saturated heterocycles. The van der Waals surface area contributed by atoms with Gasteiger partial charge in [-0.1, -0.05) is 24.3 Å². The van der Waals surface area contributed by atoms with Gasteiger partial charge in [0, 0.05) is 24.7 Å². The first-order valence-electron chi connectivity index (χ1n) is 7.49. The van der Waals surface area contributed by atoms with E-state index in [1.165, 1.54) is 16.7 Å². The molecule has 3 nitrogen and oxygen atoms in total. The standard InChI is InChI=1S/C18H26N2O/c1-13-10-18(15(3)21-13)14(2)19-11-16-8-6-7-9-17(16)12-20(4)5/h6-10,14,19H,11-12H2,1-5H3. The van der Waals surface area contributed by atoms with E-state index in [1.807, 2.05) is 13.8 Å². The molecule has 2 aromatic rings. The van der Waals surface area contributed by atoms with Crippen molar-refractivity contribution < 1.29 is 4.42 Å². The lowest BCUT2D eigenvalue weighted by Gasteiger charge is -2.17. The van der Waals surface area contributed by atoms with Gasteiger partial charge in [-0.3, -0.25) is 0 Å². The van der Waals surface area contributed by atoms with Crippen molar-refractivity contribution in [3.05, 3.63) is 58.5 Å². The van der Waals surface area contributed by atoms with E-state index in [0.717, 1.165) is 24.6 Å². The maximum absolute atomic E-state index is 5.62. The first-order chi connectivity index (χ1) is 9.97. The highest BCUT2D eigenvalue weighted by Gasteiger charge is 2.12. The molecule has 21 heavy (non-hydrogen) atoms. The Bertz CT molecular complexity index is 587. The average Bonchev–Trinajstić information content (AvgIpc) is 2.76. The van der Waals surface area contributed by atoms with E-state index in [9.17, 15) is 0 Å². The molecule has 2 rings (SSSR count). The maximum atomic E-state index is 5.62. The van der Waals surface area contributed by atoms with Crippen LogP contribution in [0.5, 0.6) is 0 Å². The zero-order valence-corrected chi connectivity index (χ0v) is 13.7. The summed E-state index contributed by atoms with van der Waals surface area (Å²) >= 11 is 0. The maximum Gasteiger partial charge on any atom is 0.105 e. The van der Waals surface area contributed by atoms with Gasteiger partial charge in [-0.05, 0) is 52.1 Å². The summed E-state index contributed by atoms with van der Waals surface area (Å²) in [7, 11) is 4.20. The number of aryl methyl sites for hydroxylation is 2. The second-order valence-corrected chi connectivity index (χ2v) is 5.98. The van der Waals surface area contributed by atoms with Crippen molar-refractivity contribution in [1.29, 1.82) is 0 Å². The molecule has 1 heterocycles. The zero-order chi connectivity index (χ0) is 15.4. The monoisotopic (exact) mass is 286 g/mol. The SMILES string of the molecule is Cc1cc(C(C)NCc2ccccc2CN(C)C)c(C)o1. The summed E-state index contributed by atoms with van der Waals surface area (Å²) in [5, 5.41) is 3.60. The average molecular weight is 286 g/mol. The zero-order valence-electron chi connectivity index (χ0n) is 13.7. The Morgan fingerprint density at radius 1 is 1.14 bits per heavy atom. The summed E-state index contributed by atoms with van der Waals surface area (Å²) in [6.07, 6.45) is 0. The molecule has 0 aliphatic rings. The molecule has 1 aromatic heterocycles. The molecule has 0 aliphatic heterocycles. The van der Waals surface area contributed by atoms with Crippen LogP contribution in [0.4, 0.5) is 0 Å². The molecule has 0 amide bonds. The third-order valence-corrected chi connectivity index (χ3v) is 3.75. The Balaban J connectivity index is 2.04. The first-order valence-corrected chi connectivity index (χ1v) is 7.49. The number of hydrogen-bond donors (Lipinski definition) is 1. The Hall–Kier alpha value is -1.58. The Morgan fingerprint density at radius 3 is 2.38 bits per heavy atom. The molecule has 0 radical (unpaired) electrons. The van der Waals surface area contributed by atoms with Gasteiger partial charge in [-0.15, -0.1) is 0 Å². The van der Waals surface area contributed by atoms with Crippen molar-refractivity contribution in [2.24, 2.45) is 0 Å². The summed E-state index contributed by atoms with van der Waals surface area (Å²) in [5.41, 5.74) is 3.98. The van der Waals surface area contributed by atoms with E-state index in [-0.39, 0.29) is 6.04 Å². The lowest BCUT2D eigenvalue weighted by atomic mass is 10.1. The molecule has 0 spiro atoms. The highest BCUT2D eigenvalue weighted by atomic mass is 16.3. The first kappa shape index (κ1) is 15.8.